The molecule has 0 radical (unpaired) electrons. The third-order valence-electron chi connectivity index (χ3n) is 2.54. The first-order valence-corrected chi connectivity index (χ1v) is 5.85. The number of carbonyl (C=O) groups is 1. The molecule has 1 aromatic carbocycles. The van der Waals surface area contributed by atoms with E-state index in [1.54, 1.807) is 6.07 Å². The Labute approximate surface area is 103 Å². The molecule has 0 fully saturated rings. The third-order valence-corrected chi connectivity index (χ3v) is 3.62. The van der Waals surface area contributed by atoms with E-state index < -0.39 is 11.9 Å². The molecule has 0 aliphatic rings. The Hall–Kier alpha value is -1.03. The van der Waals surface area contributed by atoms with Gasteiger partial charge in [-0.05, 0) is 36.1 Å². The zero-order valence-corrected chi connectivity index (χ0v) is 11.1. The van der Waals surface area contributed by atoms with Crippen molar-refractivity contribution in [3.8, 4) is 5.75 Å². The molecule has 0 spiro atoms. The maximum atomic E-state index is 11.2. The number of aliphatic carboxylic acids is 1. The van der Waals surface area contributed by atoms with E-state index in [0.29, 0.717) is 5.56 Å². The Morgan fingerprint density at radius 1 is 1.38 bits per heavy atom. The number of halogens is 1. The van der Waals surface area contributed by atoms with Crippen molar-refractivity contribution in [1.82, 2.24) is 0 Å². The minimum Gasteiger partial charge on any atom is -0.508 e. The molecule has 0 bridgehead atoms. The first kappa shape index (κ1) is 13.0. The van der Waals surface area contributed by atoms with Gasteiger partial charge in [-0.15, -0.1) is 0 Å². The van der Waals surface area contributed by atoms with Crippen LogP contribution in [0.2, 0.25) is 0 Å². The maximum Gasteiger partial charge on any atom is 0.311 e. The Bertz CT molecular complexity index is 413. The van der Waals surface area contributed by atoms with Crippen molar-refractivity contribution in [3.05, 3.63) is 27.7 Å². The van der Waals surface area contributed by atoms with Gasteiger partial charge in [-0.3, -0.25) is 4.79 Å². The molecular weight excluding hydrogens is 272 g/mol. The Morgan fingerprint density at radius 3 is 2.38 bits per heavy atom. The monoisotopic (exact) mass is 286 g/mol. The molecule has 4 heteroatoms. The smallest absolute Gasteiger partial charge is 0.311 e. The van der Waals surface area contributed by atoms with Crippen molar-refractivity contribution < 1.29 is 15.0 Å². The predicted molar refractivity (Wildman–Crippen MR) is 65.8 cm³/mol. The number of phenolic OH excluding ortho intramolecular Hbond substituents is 1. The summed E-state index contributed by atoms with van der Waals surface area (Å²) in [4.78, 5) is 11.2. The fourth-order valence-electron chi connectivity index (χ4n) is 1.78. The Kier molecular flexibility index (Phi) is 3.97. The van der Waals surface area contributed by atoms with Crippen molar-refractivity contribution in [2.45, 2.75) is 26.7 Å². The molecule has 1 rings (SSSR count). The van der Waals surface area contributed by atoms with Gasteiger partial charge in [0.2, 0.25) is 0 Å². The number of aromatic hydroxyl groups is 1. The van der Waals surface area contributed by atoms with E-state index in [2.05, 4.69) is 15.9 Å². The van der Waals surface area contributed by atoms with E-state index in [4.69, 9.17) is 0 Å². The molecule has 0 aliphatic heterocycles. The second kappa shape index (κ2) is 4.87. The molecule has 0 aromatic heterocycles. The van der Waals surface area contributed by atoms with Crippen molar-refractivity contribution >= 4 is 21.9 Å². The highest BCUT2D eigenvalue weighted by Gasteiger charge is 2.26. The Balaban J connectivity index is 3.34. The SMILES string of the molecule is Cc1cc(O)cc(C(C(=O)O)C(C)C)c1Br. The number of aryl methyl sites for hydroxylation is 1. The molecule has 0 saturated heterocycles. The van der Waals surface area contributed by atoms with Crippen molar-refractivity contribution in [1.29, 1.82) is 0 Å². The summed E-state index contributed by atoms with van der Waals surface area (Å²) >= 11 is 3.38. The molecule has 16 heavy (non-hydrogen) atoms. The summed E-state index contributed by atoms with van der Waals surface area (Å²) in [5, 5.41) is 18.7. The molecule has 0 heterocycles. The number of phenols is 1. The summed E-state index contributed by atoms with van der Waals surface area (Å²) in [6.45, 7) is 5.53. The number of hydrogen-bond donors (Lipinski definition) is 2. The quantitative estimate of drug-likeness (QED) is 0.896. The van der Waals surface area contributed by atoms with Gasteiger partial charge in [-0.2, -0.15) is 0 Å². The summed E-state index contributed by atoms with van der Waals surface area (Å²) in [6, 6.07) is 3.11. The van der Waals surface area contributed by atoms with Crippen LogP contribution in [0.3, 0.4) is 0 Å². The van der Waals surface area contributed by atoms with Gasteiger partial charge in [0.05, 0.1) is 5.92 Å². The molecule has 2 N–H and O–H groups in total. The molecule has 0 amide bonds. The molecule has 3 nitrogen and oxygen atoms in total. The van der Waals surface area contributed by atoms with E-state index >= 15 is 0 Å². The van der Waals surface area contributed by atoms with Crippen LogP contribution in [0, 0.1) is 12.8 Å². The number of carboxylic acid groups (broad SMARTS) is 1. The minimum absolute atomic E-state index is 0.0324. The van der Waals surface area contributed by atoms with Gasteiger partial charge in [-0.1, -0.05) is 29.8 Å². The van der Waals surface area contributed by atoms with E-state index in [-0.39, 0.29) is 11.7 Å². The molecular formula is C12H15BrO3. The number of hydrogen-bond acceptors (Lipinski definition) is 2. The summed E-state index contributed by atoms with van der Waals surface area (Å²) in [7, 11) is 0. The van der Waals surface area contributed by atoms with Crippen LogP contribution in [-0.4, -0.2) is 16.2 Å². The second-order valence-electron chi connectivity index (χ2n) is 4.23. The normalized spacial score (nSPS) is 12.8. The number of carboxylic acids is 1. The van der Waals surface area contributed by atoms with Crippen LogP contribution in [0.15, 0.2) is 16.6 Å². The Morgan fingerprint density at radius 2 is 1.94 bits per heavy atom. The van der Waals surface area contributed by atoms with Gasteiger partial charge < -0.3 is 10.2 Å². The largest absolute Gasteiger partial charge is 0.508 e. The minimum atomic E-state index is -0.874. The second-order valence-corrected chi connectivity index (χ2v) is 5.02. The van der Waals surface area contributed by atoms with Crippen LogP contribution in [0.4, 0.5) is 0 Å². The third kappa shape index (κ3) is 2.55. The summed E-state index contributed by atoms with van der Waals surface area (Å²) in [6.07, 6.45) is 0. The van der Waals surface area contributed by atoms with Crippen molar-refractivity contribution in [2.75, 3.05) is 0 Å². The highest BCUT2D eigenvalue weighted by atomic mass is 79.9. The average molecular weight is 287 g/mol. The van der Waals surface area contributed by atoms with Crippen LogP contribution >= 0.6 is 15.9 Å². The molecule has 1 atom stereocenters. The van der Waals surface area contributed by atoms with Crippen LogP contribution in [0.1, 0.15) is 30.9 Å². The lowest BCUT2D eigenvalue weighted by Gasteiger charge is -2.19. The lowest BCUT2D eigenvalue weighted by Crippen LogP contribution is -2.18. The van der Waals surface area contributed by atoms with Crippen molar-refractivity contribution in [3.63, 3.8) is 0 Å². The van der Waals surface area contributed by atoms with Crippen LogP contribution in [0.25, 0.3) is 0 Å². The molecule has 0 saturated carbocycles. The summed E-state index contributed by atoms with van der Waals surface area (Å²) in [5.74, 6) is -1.42. The topological polar surface area (TPSA) is 57.5 Å². The van der Waals surface area contributed by atoms with Gasteiger partial charge in [0, 0.05) is 4.47 Å². The van der Waals surface area contributed by atoms with E-state index in [0.717, 1.165) is 10.0 Å². The zero-order chi connectivity index (χ0) is 12.5. The van der Waals surface area contributed by atoms with Crippen molar-refractivity contribution in [2.24, 2.45) is 5.92 Å². The zero-order valence-electron chi connectivity index (χ0n) is 9.49. The fourth-order valence-corrected chi connectivity index (χ4v) is 2.26. The molecule has 88 valence electrons. The lowest BCUT2D eigenvalue weighted by molar-refractivity contribution is -0.139. The van der Waals surface area contributed by atoms with Crippen LogP contribution in [0.5, 0.6) is 5.75 Å². The molecule has 1 unspecified atom stereocenters. The molecule has 1 aromatic rings. The average Bonchev–Trinajstić information content (AvgIpc) is 2.12. The summed E-state index contributed by atoms with van der Waals surface area (Å²) in [5.41, 5.74) is 1.46. The predicted octanol–water partition coefficient (Wildman–Crippen LogP) is 3.29. The van der Waals surface area contributed by atoms with Gasteiger partial charge in [0.1, 0.15) is 5.75 Å². The van der Waals surface area contributed by atoms with Gasteiger partial charge in [0.15, 0.2) is 0 Å². The van der Waals surface area contributed by atoms with Crippen LogP contribution < -0.4 is 0 Å². The van der Waals surface area contributed by atoms with Gasteiger partial charge in [0.25, 0.3) is 0 Å². The van der Waals surface area contributed by atoms with E-state index in [9.17, 15) is 15.0 Å². The number of benzene rings is 1. The standard InChI is InChI=1S/C12H15BrO3/c1-6(2)10(12(15)16)9-5-8(14)4-7(3)11(9)13/h4-6,10,14H,1-3H3,(H,15,16). The molecule has 0 aliphatic carbocycles. The first-order chi connectivity index (χ1) is 7.34. The van der Waals surface area contributed by atoms with Crippen LogP contribution in [-0.2, 0) is 4.79 Å². The maximum absolute atomic E-state index is 11.2. The van der Waals surface area contributed by atoms with Gasteiger partial charge in [-0.25, -0.2) is 0 Å². The number of rotatable bonds is 3. The van der Waals surface area contributed by atoms with E-state index in [1.807, 2.05) is 20.8 Å². The highest BCUT2D eigenvalue weighted by molar-refractivity contribution is 9.10. The fraction of sp³-hybridized carbons (Fsp3) is 0.417. The van der Waals surface area contributed by atoms with Gasteiger partial charge >= 0.3 is 5.97 Å². The first-order valence-electron chi connectivity index (χ1n) is 5.06. The lowest BCUT2D eigenvalue weighted by atomic mass is 9.87. The summed E-state index contributed by atoms with van der Waals surface area (Å²) < 4.78 is 0.756. The highest BCUT2D eigenvalue weighted by Crippen LogP contribution is 2.35. The van der Waals surface area contributed by atoms with E-state index in [1.165, 1.54) is 6.07 Å².